The van der Waals surface area contributed by atoms with Crippen molar-refractivity contribution in [2.75, 3.05) is 6.54 Å². The van der Waals surface area contributed by atoms with E-state index in [1.54, 1.807) is 11.9 Å². The van der Waals surface area contributed by atoms with E-state index in [4.69, 9.17) is 4.74 Å². The lowest BCUT2D eigenvalue weighted by Crippen LogP contribution is -2.27. The summed E-state index contributed by atoms with van der Waals surface area (Å²) in [6.07, 6.45) is 0.731. The highest BCUT2D eigenvalue weighted by molar-refractivity contribution is 7.97. The molecule has 2 unspecified atom stereocenters. The number of para-hydroxylation sites is 1. The van der Waals surface area contributed by atoms with E-state index in [2.05, 4.69) is 42.4 Å². The maximum atomic E-state index is 12.7. The summed E-state index contributed by atoms with van der Waals surface area (Å²) in [6.45, 7) is 9.63. The Morgan fingerprint density at radius 3 is 2.65 bits per heavy atom. The average Bonchev–Trinajstić information content (AvgIpc) is 2.96. The van der Waals surface area contributed by atoms with Crippen molar-refractivity contribution >= 4 is 23.7 Å². The lowest BCUT2D eigenvalue weighted by molar-refractivity contribution is -0.137. The van der Waals surface area contributed by atoms with Gasteiger partial charge >= 0.3 is 5.97 Å². The third kappa shape index (κ3) is 5.32. The molecule has 1 aliphatic heterocycles. The highest BCUT2D eigenvalue weighted by Gasteiger charge is 2.37. The summed E-state index contributed by atoms with van der Waals surface area (Å²) in [7, 11) is 0. The van der Waals surface area contributed by atoms with Gasteiger partial charge in [0.2, 0.25) is 0 Å². The third-order valence-electron chi connectivity index (χ3n) is 7.39. The van der Waals surface area contributed by atoms with Crippen molar-refractivity contribution in [3.05, 3.63) is 94.0 Å². The maximum Gasteiger partial charge on any atom is 0.304 e. The van der Waals surface area contributed by atoms with Crippen LogP contribution in [0.1, 0.15) is 71.3 Å². The van der Waals surface area contributed by atoms with Crippen LogP contribution < -0.4 is 4.74 Å². The van der Waals surface area contributed by atoms with Gasteiger partial charge in [-0.25, -0.2) is 4.31 Å². The molecule has 3 aromatic rings. The third-order valence-corrected chi connectivity index (χ3v) is 8.46. The van der Waals surface area contributed by atoms with Crippen LogP contribution in [0.2, 0.25) is 0 Å². The Bertz CT molecular complexity index is 1370. The first-order chi connectivity index (χ1) is 17.6. The molecule has 3 aromatic carbocycles. The number of fused-ring (bicyclic) bond motifs is 2. The number of hydrogen-bond acceptors (Lipinski definition) is 5. The van der Waals surface area contributed by atoms with Crippen molar-refractivity contribution in [3.63, 3.8) is 0 Å². The van der Waals surface area contributed by atoms with Crippen LogP contribution in [0.3, 0.4) is 0 Å². The number of ether oxygens (including phenoxy) is 1. The van der Waals surface area contributed by atoms with Crippen LogP contribution >= 0.6 is 11.9 Å². The first-order valence-electron chi connectivity index (χ1n) is 12.8. The molecule has 5 nitrogen and oxygen atoms in total. The zero-order valence-electron chi connectivity index (χ0n) is 21.8. The van der Waals surface area contributed by atoms with Gasteiger partial charge in [0.1, 0.15) is 11.9 Å². The van der Waals surface area contributed by atoms with E-state index in [0.29, 0.717) is 6.42 Å². The van der Waals surface area contributed by atoms with E-state index in [0.717, 1.165) is 46.0 Å². The number of rotatable bonds is 6. The molecule has 37 heavy (non-hydrogen) atoms. The molecule has 0 aromatic heterocycles. The van der Waals surface area contributed by atoms with Gasteiger partial charge in [-0.1, -0.05) is 62.4 Å². The predicted molar refractivity (Wildman–Crippen MR) is 146 cm³/mol. The Morgan fingerprint density at radius 2 is 1.86 bits per heavy atom. The molecule has 5 rings (SSSR count). The number of Topliss-reactive ketones (excluding diaryl/α,β-unsaturated/α-hetero) is 1. The van der Waals surface area contributed by atoms with E-state index in [9.17, 15) is 14.7 Å². The number of nitrogens with zero attached hydrogens (tertiary/aromatic N) is 1. The van der Waals surface area contributed by atoms with E-state index in [1.165, 1.54) is 11.1 Å². The highest BCUT2D eigenvalue weighted by atomic mass is 32.2. The van der Waals surface area contributed by atoms with Crippen molar-refractivity contribution in [2.45, 2.75) is 64.0 Å². The first kappa shape index (κ1) is 25.6. The summed E-state index contributed by atoms with van der Waals surface area (Å²) in [5.41, 5.74) is 5.64. The molecule has 1 heterocycles. The SMILES string of the molecule is Cc1ccc(C(CC(=O)O)c2ccc3c(c2)CC(C)(C)C3=O)cc1CN1CC(C)Oc2ccccc2S1. The second-order valence-corrected chi connectivity index (χ2v) is 12.1. The Morgan fingerprint density at radius 1 is 1.14 bits per heavy atom. The van der Waals surface area contributed by atoms with E-state index in [1.807, 2.05) is 50.2 Å². The van der Waals surface area contributed by atoms with Gasteiger partial charge in [0.05, 0.1) is 11.3 Å². The van der Waals surface area contributed by atoms with Crippen molar-refractivity contribution in [1.29, 1.82) is 0 Å². The molecule has 0 spiro atoms. The molecule has 0 fully saturated rings. The maximum absolute atomic E-state index is 12.7. The van der Waals surface area contributed by atoms with E-state index in [-0.39, 0.29) is 24.2 Å². The molecule has 0 amide bonds. The van der Waals surface area contributed by atoms with E-state index < -0.39 is 11.4 Å². The summed E-state index contributed by atoms with van der Waals surface area (Å²) in [5, 5.41) is 9.78. The summed E-state index contributed by atoms with van der Waals surface area (Å²) < 4.78 is 8.44. The number of carboxylic acid groups (broad SMARTS) is 1. The molecule has 0 saturated carbocycles. The minimum atomic E-state index is -0.838. The molecule has 0 saturated heterocycles. The van der Waals surface area contributed by atoms with Crippen LogP contribution in [-0.2, 0) is 17.8 Å². The highest BCUT2D eigenvalue weighted by Crippen LogP contribution is 2.40. The van der Waals surface area contributed by atoms with Crippen molar-refractivity contribution < 1.29 is 19.4 Å². The van der Waals surface area contributed by atoms with Crippen molar-refractivity contribution in [3.8, 4) is 5.75 Å². The van der Waals surface area contributed by atoms with Gasteiger partial charge < -0.3 is 9.84 Å². The first-order valence-corrected chi connectivity index (χ1v) is 13.6. The number of carbonyl (C=O) groups is 2. The van der Waals surface area contributed by atoms with Crippen LogP contribution in [0.25, 0.3) is 0 Å². The fraction of sp³-hybridized carbons (Fsp3) is 0.355. The predicted octanol–water partition coefficient (Wildman–Crippen LogP) is 6.66. The molecule has 1 aliphatic carbocycles. The van der Waals surface area contributed by atoms with Crippen molar-refractivity contribution in [1.82, 2.24) is 4.31 Å². The summed E-state index contributed by atoms with van der Waals surface area (Å²) >= 11 is 1.70. The fourth-order valence-electron chi connectivity index (χ4n) is 5.43. The number of hydrogen-bond donors (Lipinski definition) is 1. The number of carbonyl (C=O) groups excluding carboxylic acids is 1. The van der Waals surface area contributed by atoms with Gasteiger partial charge in [-0.3, -0.25) is 9.59 Å². The molecular formula is C31H33NO4S. The molecule has 2 atom stereocenters. The van der Waals surface area contributed by atoms with Crippen LogP contribution in [0.15, 0.2) is 65.6 Å². The number of aliphatic carboxylic acids is 1. The number of benzene rings is 3. The Hall–Kier alpha value is -3.09. The second-order valence-electron chi connectivity index (χ2n) is 10.9. The van der Waals surface area contributed by atoms with E-state index >= 15 is 0 Å². The zero-order chi connectivity index (χ0) is 26.3. The standard InChI is InChI=1S/C31H33NO4S/c1-19-9-10-21(14-24(19)18-32-17-20(2)36-27-7-5-6-8-28(27)37-32)26(15-29(33)34)22-11-12-25-23(13-22)16-31(3,4)30(25)35/h5-14,20,26H,15-18H2,1-4H3,(H,33,34). The topological polar surface area (TPSA) is 66.8 Å². The number of carboxylic acids is 1. The van der Waals surface area contributed by atoms with Crippen LogP contribution in [0, 0.1) is 12.3 Å². The normalized spacial score (nSPS) is 19.5. The molecule has 2 aliphatic rings. The Labute approximate surface area is 223 Å². The lowest BCUT2D eigenvalue weighted by atomic mass is 9.85. The smallest absolute Gasteiger partial charge is 0.304 e. The second kappa shape index (κ2) is 9.99. The lowest BCUT2D eigenvalue weighted by Gasteiger charge is -2.23. The fourth-order valence-corrected chi connectivity index (χ4v) is 6.54. The summed E-state index contributed by atoms with van der Waals surface area (Å²) in [5.74, 6) is -0.0561. The molecular weight excluding hydrogens is 482 g/mol. The summed E-state index contributed by atoms with van der Waals surface area (Å²) in [4.78, 5) is 25.8. The van der Waals surface area contributed by atoms with Gasteiger partial charge in [-0.15, -0.1) is 0 Å². The Kier molecular flexibility index (Phi) is 6.90. The average molecular weight is 516 g/mol. The largest absolute Gasteiger partial charge is 0.488 e. The van der Waals surface area contributed by atoms with Gasteiger partial charge in [-0.05, 0) is 72.2 Å². The minimum Gasteiger partial charge on any atom is -0.488 e. The zero-order valence-corrected chi connectivity index (χ0v) is 22.6. The minimum absolute atomic E-state index is 0.00462. The molecule has 0 bridgehead atoms. The van der Waals surface area contributed by atoms with Crippen LogP contribution in [0.5, 0.6) is 5.75 Å². The van der Waals surface area contributed by atoms with Crippen LogP contribution in [-0.4, -0.2) is 33.8 Å². The summed E-state index contributed by atoms with van der Waals surface area (Å²) in [6, 6.07) is 20.3. The van der Waals surface area contributed by atoms with Crippen molar-refractivity contribution in [2.24, 2.45) is 5.41 Å². The molecule has 6 heteroatoms. The number of aryl methyl sites for hydroxylation is 1. The van der Waals surface area contributed by atoms with Crippen LogP contribution in [0.4, 0.5) is 0 Å². The Balaban J connectivity index is 1.46. The van der Waals surface area contributed by atoms with Gasteiger partial charge in [0.15, 0.2) is 5.78 Å². The van der Waals surface area contributed by atoms with Gasteiger partial charge in [0.25, 0.3) is 0 Å². The number of ketones is 1. The molecule has 192 valence electrons. The van der Waals surface area contributed by atoms with Gasteiger partial charge in [0, 0.05) is 30.0 Å². The molecule has 0 radical (unpaired) electrons. The van der Waals surface area contributed by atoms with Gasteiger partial charge in [-0.2, -0.15) is 0 Å². The molecule has 1 N–H and O–H groups in total. The monoisotopic (exact) mass is 515 g/mol. The quantitative estimate of drug-likeness (QED) is 0.371.